The number of hydrogen-bond acceptors (Lipinski definition) is 6. The van der Waals surface area contributed by atoms with Crippen LogP contribution in [0.15, 0.2) is 147 Å². The number of anilines is 4. The Kier molecular flexibility index (Phi) is 16.2. The first kappa shape index (κ1) is 44.3. The highest BCUT2D eigenvalue weighted by atomic mass is 15.1. The second kappa shape index (κ2) is 22.4. The Labute approximate surface area is 364 Å². The molecular weight excluding hydrogens is 749 g/mol. The zero-order valence-electron chi connectivity index (χ0n) is 36.4. The SMILES string of the molecule is C=C(/C=C/C(=C)Nc1ccc(NC(=C)Nc2ccc3[nH]ccc3c2)cc1)NCCCCCCCCCCCCCCNc1ccc2c(=C)n(C3CCC(=C)NC3=C)c(=C)c2c1. The Bertz CT molecular complexity index is 2430. The molecule has 6 rings (SSSR count). The lowest BCUT2D eigenvalue weighted by atomic mass is 10.0. The molecule has 0 bridgehead atoms. The molecule has 3 heterocycles. The number of aromatic nitrogens is 2. The number of H-pyrrole nitrogens is 1. The molecule has 1 fully saturated rings. The zero-order chi connectivity index (χ0) is 43.0. The monoisotopic (exact) mass is 817 g/mol. The van der Waals surface area contributed by atoms with Crippen molar-refractivity contribution >= 4 is 57.6 Å². The van der Waals surface area contributed by atoms with E-state index in [0.717, 1.165) is 105 Å². The standard InChI is InChI=1S/C53H68N8/c1-38(20-21-40(3)58-46-23-25-47(26-24-46)59-44(7)60-49-28-30-52-45(36-49)32-35-56-52)54-33-18-16-14-12-10-8-9-11-13-15-17-19-34-55-48-27-29-50-42(5)61(43(6)51(50)37-48)53-31-22-39(2)57-41(53)4/h20-21,23-30,32,35-37,53-60H,1-19,22,31,33-34H2/b21-20+. The summed E-state index contributed by atoms with van der Waals surface area (Å²) in [6.07, 6.45) is 23.4. The highest BCUT2D eigenvalue weighted by molar-refractivity contribution is 5.87. The first-order valence-corrected chi connectivity index (χ1v) is 22.3. The van der Waals surface area contributed by atoms with Crippen LogP contribution >= 0.6 is 0 Å². The van der Waals surface area contributed by atoms with Crippen LogP contribution in [0.5, 0.6) is 0 Å². The van der Waals surface area contributed by atoms with Crippen LogP contribution in [0.2, 0.25) is 0 Å². The molecule has 0 radical (unpaired) electrons. The molecule has 61 heavy (non-hydrogen) atoms. The molecule has 7 N–H and O–H groups in total. The first-order chi connectivity index (χ1) is 29.6. The van der Waals surface area contributed by atoms with E-state index in [1.54, 1.807) is 0 Å². The Hall–Kier alpha value is -6.28. The third kappa shape index (κ3) is 13.1. The molecular formula is C53H68N8. The third-order valence-electron chi connectivity index (χ3n) is 11.6. The Morgan fingerprint density at radius 3 is 1.87 bits per heavy atom. The molecule has 1 saturated heterocycles. The molecule has 0 amide bonds. The molecule has 320 valence electrons. The molecule has 8 nitrogen and oxygen atoms in total. The van der Waals surface area contributed by atoms with Gasteiger partial charge in [-0.15, -0.1) is 0 Å². The summed E-state index contributed by atoms with van der Waals surface area (Å²) in [5.74, 6) is 0.704. The number of fused-ring (bicyclic) bond motifs is 2. The number of nitrogens with zero attached hydrogens (tertiary/aromatic N) is 1. The number of unbranched alkanes of at least 4 members (excludes halogenated alkanes) is 11. The fourth-order valence-electron chi connectivity index (χ4n) is 8.22. The fourth-order valence-corrected chi connectivity index (χ4v) is 8.22. The maximum atomic E-state index is 4.44. The molecule has 5 aromatic rings. The second-order valence-corrected chi connectivity index (χ2v) is 16.5. The molecule has 1 atom stereocenters. The molecule has 3 aromatic carbocycles. The van der Waals surface area contributed by atoms with Gasteiger partial charge in [-0.1, -0.05) is 116 Å². The lowest BCUT2D eigenvalue weighted by Gasteiger charge is -2.29. The summed E-state index contributed by atoms with van der Waals surface area (Å²) in [5.41, 5.74) is 8.85. The second-order valence-electron chi connectivity index (χ2n) is 16.5. The van der Waals surface area contributed by atoms with Gasteiger partial charge in [0, 0.05) is 97.2 Å². The van der Waals surface area contributed by atoms with Gasteiger partial charge in [-0.05, 0) is 98.5 Å². The van der Waals surface area contributed by atoms with Crippen LogP contribution < -0.4 is 42.6 Å². The minimum atomic E-state index is 0.153. The summed E-state index contributed by atoms with van der Waals surface area (Å²) in [4.78, 5) is 3.21. The minimum absolute atomic E-state index is 0.153. The van der Waals surface area contributed by atoms with Crippen molar-refractivity contribution in [1.29, 1.82) is 0 Å². The van der Waals surface area contributed by atoms with Crippen LogP contribution in [0.1, 0.15) is 95.9 Å². The third-order valence-corrected chi connectivity index (χ3v) is 11.6. The minimum Gasteiger partial charge on any atom is -0.386 e. The average molecular weight is 817 g/mol. The van der Waals surface area contributed by atoms with Crippen LogP contribution in [0.3, 0.4) is 0 Å². The van der Waals surface area contributed by atoms with Gasteiger partial charge in [-0.3, -0.25) is 0 Å². The lowest BCUT2D eigenvalue weighted by molar-refractivity contribution is 0.458. The highest BCUT2D eigenvalue weighted by Gasteiger charge is 2.22. The Morgan fingerprint density at radius 1 is 0.607 bits per heavy atom. The van der Waals surface area contributed by atoms with Crippen LogP contribution in [0.25, 0.3) is 34.8 Å². The van der Waals surface area contributed by atoms with Crippen molar-refractivity contribution in [3.8, 4) is 0 Å². The van der Waals surface area contributed by atoms with Gasteiger partial charge in [0.2, 0.25) is 0 Å². The Balaban J connectivity index is 0.730. The molecule has 8 heteroatoms. The maximum Gasteiger partial charge on any atom is 0.100 e. The number of rotatable bonds is 26. The normalized spacial score (nSPS) is 14.0. The molecule has 0 saturated carbocycles. The fraction of sp³-hybridized carbons (Fsp3) is 0.321. The predicted octanol–water partition coefficient (Wildman–Crippen LogP) is 12.3. The van der Waals surface area contributed by atoms with Gasteiger partial charge in [0.05, 0.1) is 6.04 Å². The van der Waals surface area contributed by atoms with E-state index < -0.39 is 0 Å². The quantitative estimate of drug-likeness (QED) is 0.0222. The van der Waals surface area contributed by atoms with Crippen LogP contribution in [0, 0.1) is 0 Å². The molecule has 0 aliphatic carbocycles. The van der Waals surface area contributed by atoms with Crippen molar-refractivity contribution in [3.63, 3.8) is 0 Å². The van der Waals surface area contributed by atoms with Crippen molar-refractivity contribution in [2.45, 2.75) is 95.9 Å². The van der Waals surface area contributed by atoms with Crippen molar-refractivity contribution in [1.82, 2.24) is 20.2 Å². The van der Waals surface area contributed by atoms with E-state index >= 15 is 0 Å². The summed E-state index contributed by atoms with van der Waals surface area (Å²) in [6, 6.07) is 23.0. The van der Waals surface area contributed by atoms with Crippen molar-refractivity contribution in [2.24, 2.45) is 0 Å². The summed E-state index contributed by atoms with van der Waals surface area (Å²) < 4.78 is 2.25. The average Bonchev–Trinajstić information content (AvgIpc) is 3.81. The first-order valence-electron chi connectivity index (χ1n) is 22.3. The number of aromatic amines is 1. The zero-order valence-corrected chi connectivity index (χ0v) is 36.4. The van der Waals surface area contributed by atoms with Gasteiger partial charge in [-0.25, -0.2) is 0 Å². The van der Waals surface area contributed by atoms with E-state index in [0.29, 0.717) is 5.82 Å². The van der Waals surface area contributed by atoms with Gasteiger partial charge in [0.1, 0.15) is 5.82 Å². The smallest absolute Gasteiger partial charge is 0.100 e. The summed E-state index contributed by atoms with van der Waals surface area (Å²) in [6.45, 7) is 31.5. The molecule has 0 spiro atoms. The lowest BCUT2D eigenvalue weighted by Crippen LogP contribution is -2.36. The van der Waals surface area contributed by atoms with E-state index in [2.05, 4.69) is 124 Å². The van der Waals surface area contributed by atoms with Gasteiger partial charge >= 0.3 is 0 Å². The maximum absolute atomic E-state index is 4.44. The molecule has 1 aliphatic heterocycles. The van der Waals surface area contributed by atoms with Crippen molar-refractivity contribution in [3.05, 3.63) is 157 Å². The van der Waals surface area contributed by atoms with Crippen molar-refractivity contribution < 1.29 is 0 Å². The number of benzene rings is 3. The largest absolute Gasteiger partial charge is 0.386 e. The predicted molar refractivity (Wildman–Crippen MR) is 266 cm³/mol. The van der Waals surface area contributed by atoms with E-state index in [9.17, 15) is 0 Å². The van der Waals surface area contributed by atoms with Crippen molar-refractivity contribution in [2.75, 3.05) is 34.4 Å². The number of piperidine rings is 1. The summed E-state index contributed by atoms with van der Waals surface area (Å²) in [7, 11) is 0. The van der Waals surface area contributed by atoms with E-state index in [4.69, 9.17) is 0 Å². The van der Waals surface area contributed by atoms with E-state index in [1.807, 2.05) is 48.7 Å². The van der Waals surface area contributed by atoms with E-state index in [1.165, 1.54) is 76.0 Å². The van der Waals surface area contributed by atoms with Gasteiger partial charge < -0.3 is 41.5 Å². The number of hydrogen-bond donors (Lipinski definition) is 7. The van der Waals surface area contributed by atoms with Crippen LogP contribution in [-0.2, 0) is 0 Å². The molecule has 1 aliphatic rings. The number of nitrogens with one attached hydrogen (secondary N) is 7. The van der Waals surface area contributed by atoms with Gasteiger partial charge in [-0.2, -0.15) is 0 Å². The number of allylic oxidation sites excluding steroid dienone is 4. The highest BCUT2D eigenvalue weighted by Crippen LogP contribution is 2.27. The van der Waals surface area contributed by atoms with Crippen LogP contribution in [0.4, 0.5) is 22.7 Å². The molecule has 1 unspecified atom stereocenters. The molecule has 2 aromatic heterocycles. The Morgan fingerprint density at radius 2 is 1.18 bits per heavy atom. The summed E-state index contributed by atoms with van der Waals surface area (Å²) >= 11 is 0. The topological polar surface area (TPSA) is 92.9 Å². The van der Waals surface area contributed by atoms with E-state index in [-0.39, 0.29) is 6.04 Å². The summed E-state index contributed by atoms with van der Waals surface area (Å²) in [5, 5.41) is 25.9. The van der Waals surface area contributed by atoms with Gasteiger partial charge in [0.25, 0.3) is 0 Å². The van der Waals surface area contributed by atoms with Gasteiger partial charge in [0.15, 0.2) is 0 Å². The van der Waals surface area contributed by atoms with Crippen LogP contribution in [-0.4, -0.2) is 22.6 Å².